The van der Waals surface area contributed by atoms with Crippen LogP contribution in [0, 0.1) is 0 Å². The second-order valence-corrected chi connectivity index (χ2v) is 9.21. The number of unbranched alkanes of at least 4 members (excludes halogenated alkanes) is 9. The average Bonchev–Trinajstić information content (AvgIpc) is 2.86. The largest absolute Gasteiger partial charge is 0.390 e. The summed E-state index contributed by atoms with van der Waals surface area (Å²) in [6.45, 7) is 2.70. The molecule has 2 aromatic carbocycles. The fraction of sp³-hybridized carbons (Fsp3) is 0.586. The van der Waals surface area contributed by atoms with E-state index in [1.165, 1.54) is 57.8 Å². The molecular weight excluding hydrogens is 396 g/mol. The third kappa shape index (κ3) is 8.03. The third-order valence-electron chi connectivity index (χ3n) is 6.58. The monoisotopic (exact) mass is 438 g/mol. The zero-order valence-electron chi connectivity index (χ0n) is 19.8. The van der Waals surface area contributed by atoms with E-state index >= 15 is 0 Å². The number of aliphatic hydroxyl groups is 1. The Balaban J connectivity index is 1.43. The Morgan fingerprint density at radius 1 is 0.719 bits per heavy atom. The molecule has 3 rings (SSSR count). The lowest BCUT2D eigenvalue weighted by molar-refractivity contribution is -0.212. The van der Waals surface area contributed by atoms with Crippen LogP contribution < -0.4 is 0 Å². The van der Waals surface area contributed by atoms with Gasteiger partial charge in [0.25, 0.3) is 0 Å². The first-order chi connectivity index (χ1) is 15.8. The molecule has 2 aromatic rings. The maximum Gasteiger partial charge on any atom is 0.113 e. The summed E-state index contributed by atoms with van der Waals surface area (Å²) in [6, 6.07) is 20.5. The third-order valence-corrected chi connectivity index (χ3v) is 6.58. The molecule has 1 saturated heterocycles. The quantitative estimate of drug-likeness (QED) is 0.309. The lowest BCUT2D eigenvalue weighted by atomic mass is 9.95. The van der Waals surface area contributed by atoms with Crippen LogP contribution in [0.1, 0.15) is 101 Å². The number of benzene rings is 2. The summed E-state index contributed by atoms with van der Waals surface area (Å²) in [5, 5.41) is 10.8. The van der Waals surface area contributed by atoms with Gasteiger partial charge in [-0.15, -0.1) is 0 Å². The zero-order chi connectivity index (χ0) is 22.4. The molecule has 0 radical (unpaired) electrons. The van der Waals surface area contributed by atoms with Crippen LogP contribution >= 0.6 is 0 Å². The van der Waals surface area contributed by atoms with Gasteiger partial charge in [-0.3, -0.25) is 0 Å². The SMILES string of the molecule is CCCCCCCCCCCCC(O)[C@@H]1CO[C@@H](c2ccccc2)[C@H](c2ccccc2)O1. The molecule has 0 bridgehead atoms. The van der Waals surface area contributed by atoms with Gasteiger partial charge in [-0.25, -0.2) is 0 Å². The van der Waals surface area contributed by atoms with E-state index in [1.54, 1.807) is 0 Å². The molecule has 4 atom stereocenters. The van der Waals surface area contributed by atoms with E-state index in [-0.39, 0.29) is 18.3 Å². The van der Waals surface area contributed by atoms with Crippen LogP contribution in [0.2, 0.25) is 0 Å². The van der Waals surface area contributed by atoms with Crippen LogP contribution in [0.4, 0.5) is 0 Å². The van der Waals surface area contributed by atoms with Crippen LogP contribution in [0.3, 0.4) is 0 Å². The van der Waals surface area contributed by atoms with Gasteiger partial charge in [0, 0.05) is 0 Å². The van der Waals surface area contributed by atoms with Gasteiger partial charge in [0.05, 0.1) is 12.7 Å². The van der Waals surface area contributed by atoms with E-state index in [2.05, 4.69) is 31.2 Å². The van der Waals surface area contributed by atoms with Crippen molar-refractivity contribution in [3.05, 3.63) is 71.8 Å². The lowest BCUT2D eigenvalue weighted by Crippen LogP contribution is -2.41. The molecule has 0 spiro atoms. The summed E-state index contributed by atoms with van der Waals surface area (Å²) < 4.78 is 12.7. The van der Waals surface area contributed by atoms with Gasteiger partial charge in [0.1, 0.15) is 18.3 Å². The molecule has 1 unspecified atom stereocenters. The Morgan fingerprint density at radius 2 is 1.22 bits per heavy atom. The average molecular weight is 439 g/mol. The fourth-order valence-electron chi connectivity index (χ4n) is 4.62. The highest BCUT2D eigenvalue weighted by Crippen LogP contribution is 2.40. The van der Waals surface area contributed by atoms with Crippen LogP contribution in [0.5, 0.6) is 0 Å². The van der Waals surface area contributed by atoms with E-state index in [0.29, 0.717) is 6.61 Å². The van der Waals surface area contributed by atoms with Crippen LogP contribution in [0.25, 0.3) is 0 Å². The van der Waals surface area contributed by atoms with Gasteiger partial charge in [0.15, 0.2) is 0 Å². The minimum atomic E-state index is -0.480. The van der Waals surface area contributed by atoms with Crippen molar-refractivity contribution in [1.29, 1.82) is 0 Å². The molecule has 3 nitrogen and oxygen atoms in total. The minimum Gasteiger partial charge on any atom is -0.390 e. The first-order valence-electron chi connectivity index (χ1n) is 12.8. The standard InChI is InChI=1S/C29H42O3/c1-2-3-4-5-6-7-8-9-10-17-22-26(30)27-23-31-28(24-18-13-11-14-19-24)29(32-27)25-20-15-12-16-21-25/h11-16,18-21,26-30H,2-10,17,22-23H2,1H3/t26?,27-,28-,29-/m0/s1. The molecule has 1 aliphatic heterocycles. The minimum absolute atomic E-state index is 0.153. The molecular formula is C29H42O3. The molecule has 1 N–H and O–H groups in total. The highest BCUT2D eigenvalue weighted by molar-refractivity contribution is 5.26. The Labute approximate surface area is 195 Å². The number of rotatable bonds is 14. The second kappa shape index (κ2) is 14.5. The highest BCUT2D eigenvalue weighted by atomic mass is 16.6. The first-order valence-corrected chi connectivity index (χ1v) is 12.8. The molecule has 0 aliphatic carbocycles. The molecule has 3 heteroatoms. The summed E-state index contributed by atoms with van der Waals surface area (Å²) in [5.74, 6) is 0. The zero-order valence-corrected chi connectivity index (χ0v) is 19.8. The second-order valence-electron chi connectivity index (χ2n) is 9.21. The van der Waals surface area contributed by atoms with Gasteiger partial charge < -0.3 is 14.6 Å². The van der Waals surface area contributed by atoms with E-state index in [9.17, 15) is 5.11 Å². The molecule has 1 fully saturated rings. The van der Waals surface area contributed by atoms with Crippen molar-refractivity contribution in [2.24, 2.45) is 0 Å². The number of hydrogen-bond donors (Lipinski definition) is 1. The topological polar surface area (TPSA) is 38.7 Å². The summed E-state index contributed by atoms with van der Waals surface area (Å²) in [6.07, 6.45) is 12.7. The van der Waals surface area contributed by atoms with Crippen molar-refractivity contribution in [1.82, 2.24) is 0 Å². The molecule has 1 heterocycles. The molecule has 32 heavy (non-hydrogen) atoms. The smallest absolute Gasteiger partial charge is 0.113 e. The van der Waals surface area contributed by atoms with Crippen LogP contribution in [-0.4, -0.2) is 23.9 Å². The number of ether oxygens (including phenoxy) is 2. The molecule has 176 valence electrons. The number of aliphatic hydroxyl groups excluding tert-OH is 1. The Kier molecular flexibility index (Phi) is 11.3. The van der Waals surface area contributed by atoms with Gasteiger partial charge in [0.2, 0.25) is 0 Å². The summed E-state index contributed by atoms with van der Waals surface area (Å²) in [4.78, 5) is 0. The summed E-state index contributed by atoms with van der Waals surface area (Å²) >= 11 is 0. The van der Waals surface area contributed by atoms with Gasteiger partial charge in [-0.2, -0.15) is 0 Å². The van der Waals surface area contributed by atoms with Crippen molar-refractivity contribution >= 4 is 0 Å². The van der Waals surface area contributed by atoms with Crippen LogP contribution in [0.15, 0.2) is 60.7 Å². The predicted octanol–water partition coefficient (Wildman–Crippen LogP) is 7.56. The Hall–Kier alpha value is -1.68. The van der Waals surface area contributed by atoms with Gasteiger partial charge >= 0.3 is 0 Å². The predicted molar refractivity (Wildman–Crippen MR) is 132 cm³/mol. The van der Waals surface area contributed by atoms with E-state index < -0.39 is 6.10 Å². The molecule has 1 aliphatic rings. The maximum absolute atomic E-state index is 10.8. The van der Waals surface area contributed by atoms with Gasteiger partial charge in [-0.05, 0) is 17.5 Å². The molecule has 0 aromatic heterocycles. The van der Waals surface area contributed by atoms with Crippen molar-refractivity contribution in [3.63, 3.8) is 0 Å². The van der Waals surface area contributed by atoms with Crippen LogP contribution in [-0.2, 0) is 9.47 Å². The lowest BCUT2D eigenvalue weighted by Gasteiger charge is -2.39. The molecule has 0 amide bonds. The molecule has 0 saturated carbocycles. The maximum atomic E-state index is 10.8. The van der Waals surface area contributed by atoms with Crippen molar-refractivity contribution < 1.29 is 14.6 Å². The first kappa shape index (κ1) is 25.0. The van der Waals surface area contributed by atoms with Crippen molar-refractivity contribution in [2.75, 3.05) is 6.61 Å². The van der Waals surface area contributed by atoms with E-state index in [0.717, 1.165) is 24.0 Å². The Bertz CT molecular complexity index is 718. The fourth-order valence-corrected chi connectivity index (χ4v) is 4.62. The number of hydrogen-bond acceptors (Lipinski definition) is 3. The van der Waals surface area contributed by atoms with Crippen molar-refractivity contribution in [3.8, 4) is 0 Å². The van der Waals surface area contributed by atoms with Gasteiger partial charge in [-0.1, -0.05) is 132 Å². The normalized spacial score (nSPS) is 22.0. The van der Waals surface area contributed by atoms with E-state index in [1.807, 2.05) is 36.4 Å². The summed E-state index contributed by atoms with van der Waals surface area (Å²) in [5.41, 5.74) is 2.21. The van der Waals surface area contributed by atoms with Crippen molar-refractivity contribution in [2.45, 2.75) is 102 Å². The highest BCUT2D eigenvalue weighted by Gasteiger charge is 2.36. The summed E-state index contributed by atoms with van der Waals surface area (Å²) in [7, 11) is 0. The van der Waals surface area contributed by atoms with E-state index in [4.69, 9.17) is 9.47 Å². The Morgan fingerprint density at radius 3 is 1.78 bits per heavy atom.